The Balaban J connectivity index is 1.54. The SMILES string of the molecule is CC(C)O[C@H]1CC[C@H](CCCCN2CCN(C(C)C)C[C@H]2C)CC1. The van der Waals surface area contributed by atoms with Crippen LogP contribution < -0.4 is 0 Å². The average Bonchev–Trinajstić information content (AvgIpc) is 2.53. The molecule has 0 spiro atoms. The van der Waals surface area contributed by atoms with Crippen molar-refractivity contribution in [1.82, 2.24) is 9.80 Å². The van der Waals surface area contributed by atoms with E-state index in [0.29, 0.717) is 18.2 Å². The molecular weight excluding hydrogens is 296 g/mol. The number of unbranched alkanes of at least 4 members (excludes halogenated alkanes) is 1. The van der Waals surface area contributed by atoms with Gasteiger partial charge < -0.3 is 4.74 Å². The molecule has 1 saturated carbocycles. The molecule has 24 heavy (non-hydrogen) atoms. The standard InChI is InChI=1S/C21H42N2O/c1-17(2)23-15-14-22(19(5)16-23)13-7-6-8-20-9-11-21(12-10-20)24-18(3)4/h17-21H,6-16H2,1-5H3/t19-,20-,21-/m1/s1. The van der Waals surface area contributed by atoms with Gasteiger partial charge >= 0.3 is 0 Å². The zero-order valence-corrected chi connectivity index (χ0v) is 17.0. The number of hydrogen-bond donors (Lipinski definition) is 0. The smallest absolute Gasteiger partial charge is 0.0578 e. The van der Waals surface area contributed by atoms with Crippen LogP contribution in [0, 0.1) is 5.92 Å². The fourth-order valence-corrected chi connectivity index (χ4v) is 4.51. The highest BCUT2D eigenvalue weighted by Crippen LogP contribution is 2.30. The van der Waals surface area contributed by atoms with Gasteiger partial charge in [-0.15, -0.1) is 0 Å². The first kappa shape index (κ1) is 20.2. The van der Waals surface area contributed by atoms with Gasteiger partial charge in [-0.2, -0.15) is 0 Å². The molecule has 1 saturated heterocycles. The molecule has 0 unspecified atom stereocenters. The van der Waals surface area contributed by atoms with E-state index in [-0.39, 0.29) is 0 Å². The van der Waals surface area contributed by atoms with Crippen molar-refractivity contribution in [2.75, 3.05) is 26.2 Å². The Labute approximate surface area is 151 Å². The Morgan fingerprint density at radius 1 is 0.958 bits per heavy atom. The summed E-state index contributed by atoms with van der Waals surface area (Å²) in [5.74, 6) is 0.965. The van der Waals surface area contributed by atoms with Crippen LogP contribution >= 0.6 is 0 Å². The molecule has 2 fully saturated rings. The molecule has 0 aromatic heterocycles. The molecule has 0 N–H and O–H groups in total. The third kappa shape index (κ3) is 6.65. The molecule has 0 bridgehead atoms. The zero-order chi connectivity index (χ0) is 17.5. The Morgan fingerprint density at radius 3 is 2.25 bits per heavy atom. The lowest BCUT2D eigenvalue weighted by Gasteiger charge is -2.41. The maximum atomic E-state index is 5.97. The summed E-state index contributed by atoms with van der Waals surface area (Å²) in [6, 6.07) is 1.43. The highest BCUT2D eigenvalue weighted by molar-refractivity contribution is 4.81. The summed E-state index contributed by atoms with van der Waals surface area (Å²) in [6.45, 7) is 16.4. The molecule has 3 nitrogen and oxygen atoms in total. The van der Waals surface area contributed by atoms with Crippen molar-refractivity contribution in [3.05, 3.63) is 0 Å². The van der Waals surface area contributed by atoms with Crippen LogP contribution in [0.2, 0.25) is 0 Å². The normalized spacial score (nSPS) is 30.4. The molecule has 2 rings (SSSR count). The van der Waals surface area contributed by atoms with Crippen molar-refractivity contribution in [3.63, 3.8) is 0 Å². The molecule has 1 aliphatic carbocycles. The molecule has 3 heteroatoms. The lowest BCUT2D eigenvalue weighted by Crippen LogP contribution is -2.53. The summed E-state index contributed by atoms with van der Waals surface area (Å²) in [6.07, 6.45) is 10.5. The second-order valence-electron chi connectivity index (χ2n) is 8.80. The Morgan fingerprint density at radius 2 is 1.67 bits per heavy atom. The summed E-state index contributed by atoms with van der Waals surface area (Å²) >= 11 is 0. The van der Waals surface area contributed by atoms with Crippen LogP contribution in [0.1, 0.15) is 79.6 Å². The van der Waals surface area contributed by atoms with E-state index in [1.54, 1.807) is 0 Å². The maximum Gasteiger partial charge on any atom is 0.0578 e. The quantitative estimate of drug-likeness (QED) is 0.604. The minimum absolute atomic E-state index is 0.393. The van der Waals surface area contributed by atoms with Gasteiger partial charge in [-0.05, 0) is 79.2 Å². The summed E-state index contributed by atoms with van der Waals surface area (Å²) in [5.41, 5.74) is 0. The van der Waals surface area contributed by atoms with Gasteiger partial charge in [0.15, 0.2) is 0 Å². The monoisotopic (exact) mass is 338 g/mol. The lowest BCUT2D eigenvalue weighted by molar-refractivity contribution is -0.0204. The summed E-state index contributed by atoms with van der Waals surface area (Å²) in [5, 5.41) is 0. The van der Waals surface area contributed by atoms with Crippen LogP contribution in [0.25, 0.3) is 0 Å². The molecule has 1 atom stereocenters. The van der Waals surface area contributed by atoms with Crippen molar-refractivity contribution in [2.24, 2.45) is 5.92 Å². The van der Waals surface area contributed by atoms with Crippen LogP contribution in [-0.4, -0.2) is 60.3 Å². The van der Waals surface area contributed by atoms with Crippen molar-refractivity contribution in [2.45, 2.75) is 104 Å². The molecule has 0 aromatic rings. The second-order valence-corrected chi connectivity index (χ2v) is 8.80. The van der Waals surface area contributed by atoms with E-state index in [1.807, 2.05) is 0 Å². The first-order valence-corrected chi connectivity index (χ1v) is 10.6. The van der Waals surface area contributed by atoms with Gasteiger partial charge in [-0.25, -0.2) is 0 Å². The summed E-state index contributed by atoms with van der Waals surface area (Å²) in [7, 11) is 0. The molecule has 1 heterocycles. The molecule has 0 amide bonds. The third-order valence-electron chi connectivity index (χ3n) is 6.09. The van der Waals surface area contributed by atoms with Gasteiger partial charge in [0.2, 0.25) is 0 Å². The molecule has 142 valence electrons. The van der Waals surface area contributed by atoms with Crippen LogP contribution in [0.5, 0.6) is 0 Å². The van der Waals surface area contributed by atoms with Gasteiger partial charge in [0.05, 0.1) is 12.2 Å². The van der Waals surface area contributed by atoms with Crippen LogP contribution in [0.4, 0.5) is 0 Å². The Bertz CT molecular complexity index is 337. The van der Waals surface area contributed by atoms with Crippen molar-refractivity contribution < 1.29 is 4.74 Å². The van der Waals surface area contributed by atoms with Crippen LogP contribution in [0.15, 0.2) is 0 Å². The Hall–Kier alpha value is -0.120. The lowest BCUT2D eigenvalue weighted by atomic mass is 9.84. The largest absolute Gasteiger partial charge is 0.376 e. The summed E-state index contributed by atoms with van der Waals surface area (Å²) < 4.78 is 5.97. The van der Waals surface area contributed by atoms with Crippen molar-refractivity contribution >= 4 is 0 Å². The zero-order valence-electron chi connectivity index (χ0n) is 17.0. The van der Waals surface area contributed by atoms with Crippen molar-refractivity contribution in [3.8, 4) is 0 Å². The van der Waals surface area contributed by atoms with Gasteiger partial charge in [-0.1, -0.05) is 12.8 Å². The van der Waals surface area contributed by atoms with Crippen LogP contribution in [-0.2, 0) is 4.74 Å². The predicted molar refractivity (Wildman–Crippen MR) is 104 cm³/mol. The maximum absolute atomic E-state index is 5.97. The van der Waals surface area contributed by atoms with E-state index < -0.39 is 0 Å². The van der Waals surface area contributed by atoms with Gasteiger partial charge in [0.1, 0.15) is 0 Å². The van der Waals surface area contributed by atoms with E-state index in [2.05, 4.69) is 44.4 Å². The fraction of sp³-hybridized carbons (Fsp3) is 1.00. The number of nitrogens with zero attached hydrogens (tertiary/aromatic N) is 2. The van der Waals surface area contributed by atoms with Gasteiger partial charge in [0, 0.05) is 31.7 Å². The average molecular weight is 339 g/mol. The van der Waals surface area contributed by atoms with E-state index in [4.69, 9.17) is 4.74 Å². The van der Waals surface area contributed by atoms with Crippen LogP contribution in [0.3, 0.4) is 0 Å². The van der Waals surface area contributed by atoms with E-state index in [9.17, 15) is 0 Å². The van der Waals surface area contributed by atoms with Crippen molar-refractivity contribution in [1.29, 1.82) is 0 Å². The highest BCUT2D eigenvalue weighted by atomic mass is 16.5. The fourth-order valence-electron chi connectivity index (χ4n) is 4.51. The summed E-state index contributed by atoms with van der Waals surface area (Å²) in [4.78, 5) is 5.34. The predicted octanol–water partition coefficient (Wildman–Crippen LogP) is 4.56. The van der Waals surface area contributed by atoms with Gasteiger partial charge in [0.25, 0.3) is 0 Å². The number of ether oxygens (including phenoxy) is 1. The molecule has 0 aromatic carbocycles. The first-order chi connectivity index (χ1) is 11.5. The number of hydrogen-bond acceptors (Lipinski definition) is 3. The van der Waals surface area contributed by atoms with E-state index in [1.165, 1.54) is 71.1 Å². The molecular formula is C21H42N2O. The van der Waals surface area contributed by atoms with E-state index in [0.717, 1.165) is 12.0 Å². The molecule has 0 radical (unpaired) electrons. The highest BCUT2D eigenvalue weighted by Gasteiger charge is 2.25. The topological polar surface area (TPSA) is 15.7 Å². The third-order valence-corrected chi connectivity index (χ3v) is 6.09. The number of piperazine rings is 1. The second kappa shape index (κ2) is 10.1. The van der Waals surface area contributed by atoms with E-state index >= 15 is 0 Å². The van der Waals surface area contributed by atoms with Gasteiger partial charge in [-0.3, -0.25) is 9.80 Å². The minimum atomic E-state index is 0.393. The molecule has 2 aliphatic rings. The molecule has 1 aliphatic heterocycles. The Kier molecular flexibility index (Phi) is 8.53. The first-order valence-electron chi connectivity index (χ1n) is 10.6. The minimum Gasteiger partial charge on any atom is -0.376 e. The number of rotatable bonds is 8.